The average molecular weight is 436 g/mol. The Kier molecular flexibility index (Phi) is 5.05. The molecule has 1 aromatic carbocycles. The fourth-order valence-electron chi connectivity index (χ4n) is 4.55. The van der Waals surface area contributed by atoms with Crippen molar-refractivity contribution in [1.29, 1.82) is 0 Å². The van der Waals surface area contributed by atoms with Crippen molar-refractivity contribution in [3.63, 3.8) is 0 Å². The highest BCUT2D eigenvalue weighted by atomic mass is 19.1. The van der Waals surface area contributed by atoms with Crippen LogP contribution in [0.15, 0.2) is 36.8 Å². The lowest BCUT2D eigenvalue weighted by atomic mass is 10.1. The summed E-state index contributed by atoms with van der Waals surface area (Å²) < 4.78 is 17.7. The van der Waals surface area contributed by atoms with E-state index in [0.29, 0.717) is 28.5 Å². The first-order valence-corrected chi connectivity index (χ1v) is 10.8. The van der Waals surface area contributed by atoms with E-state index in [0.717, 1.165) is 37.1 Å². The Morgan fingerprint density at radius 3 is 2.94 bits per heavy atom. The van der Waals surface area contributed by atoms with Gasteiger partial charge in [0.1, 0.15) is 5.52 Å². The first-order valence-electron chi connectivity index (χ1n) is 10.8. The first-order chi connectivity index (χ1) is 15.4. The molecular formula is C23H26FN7O. The maximum absolute atomic E-state index is 14.4. The van der Waals surface area contributed by atoms with E-state index in [1.165, 1.54) is 6.07 Å². The fraction of sp³-hybridized carbons (Fsp3) is 0.348. The summed E-state index contributed by atoms with van der Waals surface area (Å²) in [6.07, 6.45) is 6.41. The van der Waals surface area contributed by atoms with E-state index < -0.39 is 5.82 Å². The second-order valence-corrected chi connectivity index (χ2v) is 8.33. The van der Waals surface area contributed by atoms with Gasteiger partial charge in [-0.25, -0.2) is 9.37 Å². The molecule has 0 saturated carbocycles. The van der Waals surface area contributed by atoms with Gasteiger partial charge >= 0.3 is 0 Å². The summed E-state index contributed by atoms with van der Waals surface area (Å²) in [6.45, 7) is 6.74. The van der Waals surface area contributed by atoms with Crippen LogP contribution in [0.5, 0.6) is 0 Å². The van der Waals surface area contributed by atoms with Crippen LogP contribution in [-0.2, 0) is 7.05 Å². The van der Waals surface area contributed by atoms with E-state index in [-0.39, 0.29) is 11.6 Å². The maximum Gasteiger partial charge on any atom is 0.257 e. The minimum atomic E-state index is -0.487. The SMILES string of the molecule is CCNC1CCN(c2ccc(C(=O)Nc3cc(F)c4nc(C)cn4c3)c3nn(C)cc23)C1. The number of hydrogen-bond donors (Lipinski definition) is 2. The van der Waals surface area contributed by atoms with Crippen molar-refractivity contribution >= 4 is 33.8 Å². The summed E-state index contributed by atoms with van der Waals surface area (Å²) in [5.74, 6) is -0.818. The third-order valence-electron chi connectivity index (χ3n) is 5.92. The number of nitrogens with zero attached hydrogens (tertiary/aromatic N) is 5. The molecule has 1 saturated heterocycles. The molecule has 2 N–H and O–H groups in total. The smallest absolute Gasteiger partial charge is 0.257 e. The zero-order chi connectivity index (χ0) is 22.4. The Labute approximate surface area is 185 Å². The molecule has 0 spiro atoms. The Bertz CT molecular complexity index is 1330. The van der Waals surface area contributed by atoms with E-state index in [1.54, 1.807) is 34.5 Å². The molecular weight excluding hydrogens is 409 g/mol. The molecule has 1 unspecified atom stereocenters. The number of aryl methyl sites for hydroxylation is 2. The van der Waals surface area contributed by atoms with Crippen molar-refractivity contribution in [2.24, 2.45) is 7.05 Å². The largest absolute Gasteiger partial charge is 0.369 e. The number of fused-ring (bicyclic) bond motifs is 2. The highest BCUT2D eigenvalue weighted by molar-refractivity contribution is 6.13. The zero-order valence-corrected chi connectivity index (χ0v) is 18.4. The Morgan fingerprint density at radius 1 is 1.28 bits per heavy atom. The van der Waals surface area contributed by atoms with Crippen LogP contribution in [-0.4, -0.2) is 50.7 Å². The van der Waals surface area contributed by atoms with Gasteiger partial charge in [-0.2, -0.15) is 5.10 Å². The van der Waals surface area contributed by atoms with Crippen LogP contribution in [0.2, 0.25) is 0 Å². The molecule has 1 fully saturated rings. The predicted octanol–water partition coefficient (Wildman–Crippen LogP) is 3.11. The van der Waals surface area contributed by atoms with Gasteiger partial charge in [0.15, 0.2) is 11.5 Å². The molecule has 32 heavy (non-hydrogen) atoms. The molecule has 5 rings (SSSR count). The van der Waals surface area contributed by atoms with Crippen LogP contribution in [0.3, 0.4) is 0 Å². The second-order valence-electron chi connectivity index (χ2n) is 8.33. The molecule has 1 aliphatic rings. The van der Waals surface area contributed by atoms with E-state index in [2.05, 4.69) is 32.5 Å². The number of halogens is 1. The van der Waals surface area contributed by atoms with Crippen LogP contribution in [0.25, 0.3) is 16.6 Å². The summed E-state index contributed by atoms with van der Waals surface area (Å²) in [7, 11) is 1.85. The number of likely N-dealkylation sites (N-methyl/N-ethyl adjacent to an activating group) is 1. The Hall–Kier alpha value is -3.46. The summed E-state index contributed by atoms with van der Waals surface area (Å²) in [5.41, 5.74) is 3.46. The number of amides is 1. The molecule has 8 nitrogen and oxygen atoms in total. The molecule has 0 bridgehead atoms. The van der Waals surface area contributed by atoms with Crippen molar-refractivity contribution in [3.8, 4) is 0 Å². The third-order valence-corrected chi connectivity index (χ3v) is 5.92. The first kappa shape index (κ1) is 20.4. The molecule has 0 aliphatic carbocycles. The number of benzene rings is 1. The fourth-order valence-corrected chi connectivity index (χ4v) is 4.55. The third kappa shape index (κ3) is 3.58. The summed E-state index contributed by atoms with van der Waals surface area (Å²) in [4.78, 5) is 19.6. The van der Waals surface area contributed by atoms with Crippen LogP contribution >= 0.6 is 0 Å². The van der Waals surface area contributed by atoms with E-state index in [9.17, 15) is 9.18 Å². The Balaban J connectivity index is 1.46. The van der Waals surface area contributed by atoms with Crippen molar-refractivity contribution in [1.82, 2.24) is 24.5 Å². The number of carbonyl (C=O) groups excluding carboxylic acids is 1. The van der Waals surface area contributed by atoms with Gasteiger partial charge in [0, 0.05) is 61.9 Å². The van der Waals surface area contributed by atoms with E-state index in [1.807, 2.05) is 19.3 Å². The van der Waals surface area contributed by atoms with Gasteiger partial charge < -0.3 is 19.9 Å². The quantitative estimate of drug-likeness (QED) is 0.504. The predicted molar refractivity (Wildman–Crippen MR) is 123 cm³/mol. The van der Waals surface area contributed by atoms with Crippen LogP contribution < -0.4 is 15.5 Å². The van der Waals surface area contributed by atoms with Crippen LogP contribution in [0, 0.1) is 12.7 Å². The summed E-state index contributed by atoms with van der Waals surface area (Å²) in [6, 6.07) is 5.54. The molecule has 1 aliphatic heterocycles. The zero-order valence-electron chi connectivity index (χ0n) is 18.4. The average Bonchev–Trinajstić information content (AvgIpc) is 3.45. The number of rotatable bonds is 5. The van der Waals surface area contributed by atoms with Gasteiger partial charge in [-0.15, -0.1) is 0 Å². The lowest BCUT2D eigenvalue weighted by Crippen LogP contribution is -2.32. The van der Waals surface area contributed by atoms with Crippen molar-refractivity contribution in [2.75, 3.05) is 29.9 Å². The topological polar surface area (TPSA) is 79.5 Å². The molecule has 4 heterocycles. The normalized spacial score (nSPS) is 16.4. The van der Waals surface area contributed by atoms with Gasteiger partial charge in [0.25, 0.3) is 5.91 Å². The van der Waals surface area contributed by atoms with E-state index in [4.69, 9.17) is 0 Å². The number of nitrogens with one attached hydrogen (secondary N) is 2. The van der Waals surface area contributed by atoms with Gasteiger partial charge in [-0.1, -0.05) is 6.92 Å². The Morgan fingerprint density at radius 2 is 2.12 bits per heavy atom. The van der Waals surface area contributed by atoms with Gasteiger partial charge in [-0.05, 0) is 32.0 Å². The number of carbonyl (C=O) groups is 1. The number of aromatic nitrogens is 4. The minimum absolute atomic E-state index is 0.235. The monoisotopic (exact) mass is 435 g/mol. The molecule has 1 atom stereocenters. The molecule has 1 amide bonds. The van der Waals surface area contributed by atoms with Crippen LogP contribution in [0.1, 0.15) is 29.4 Å². The van der Waals surface area contributed by atoms with Gasteiger partial charge in [0.2, 0.25) is 0 Å². The van der Waals surface area contributed by atoms with Crippen molar-refractivity contribution < 1.29 is 9.18 Å². The summed E-state index contributed by atoms with van der Waals surface area (Å²) >= 11 is 0. The molecule has 166 valence electrons. The molecule has 4 aromatic rings. The van der Waals surface area contributed by atoms with Crippen molar-refractivity contribution in [2.45, 2.75) is 26.3 Å². The summed E-state index contributed by atoms with van der Waals surface area (Å²) in [5, 5.41) is 11.8. The maximum atomic E-state index is 14.4. The highest BCUT2D eigenvalue weighted by Gasteiger charge is 2.25. The van der Waals surface area contributed by atoms with Gasteiger partial charge in [-0.3, -0.25) is 9.48 Å². The molecule has 9 heteroatoms. The van der Waals surface area contributed by atoms with Crippen molar-refractivity contribution in [3.05, 3.63) is 53.9 Å². The lowest BCUT2D eigenvalue weighted by molar-refractivity contribution is 0.102. The van der Waals surface area contributed by atoms with Crippen LogP contribution in [0.4, 0.5) is 15.8 Å². The van der Waals surface area contributed by atoms with E-state index >= 15 is 0 Å². The molecule has 0 radical (unpaired) electrons. The number of pyridine rings is 1. The standard InChI is InChI=1S/C23H26FN7O/c1-4-25-15-7-8-30(11-15)20-6-5-17(21-18(20)13-29(3)28-21)23(32)27-16-9-19(24)22-26-14(2)10-31(22)12-16/h5-6,9-10,12-13,15,25H,4,7-8,11H2,1-3H3,(H,27,32). The highest BCUT2D eigenvalue weighted by Crippen LogP contribution is 2.31. The number of hydrogen-bond acceptors (Lipinski definition) is 5. The molecule has 3 aromatic heterocycles. The second kappa shape index (κ2) is 7.90. The van der Waals surface area contributed by atoms with Gasteiger partial charge in [0.05, 0.1) is 16.9 Å². The minimum Gasteiger partial charge on any atom is -0.369 e. The lowest BCUT2D eigenvalue weighted by Gasteiger charge is -2.20. The number of imidazole rings is 1. The number of anilines is 2.